The van der Waals surface area contributed by atoms with Crippen molar-refractivity contribution in [3.05, 3.63) is 28.2 Å². The first kappa shape index (κ1) is 16.5. The average molecular weight is 379 g/mol. The summed E-state index contributed by atoms with van der Waals surface area (Å²) in [6.45, 7) is 5.78. The summed E-state index contributed by atoms with van der Waals surface area (Å²) in [6.07, 6.45) is 3.40. The zero-order valence-electron chi connectivity index (χ0n) is 13.7. The summed E-state index contributed by atoms with van der Waals surface area (Å²) in [5.74, 6) is 0.540. The minimum absolute atomic E-state index is 0.0214. The van der Waals surface area contributed by atoms with Gasteiger partial charge in [0.2, 0.25) is 11.8 Å². The number of halogens is 1. The fraction of sp³-hybridized carbons (Fsp3) is 0.556. The number of benzene rings is 1. The van der Waals surface area contributed by atoms with E-state index in [1.807, 2.05) is 30.0 Å². The van der Waals surface area contributed by atoms with Crippen molar-refractivity contribution in [2.24, 2.45) is 11.3 Å². The van der Waals surface area contributed by atoms with E-state index in [0.29, 0.717) is 18.8 Å². The fourth-order valence-electron chi connectivity index (χ4n) is 3.10. The standard InChI is InChI=1S/C18H23BrN2O2/c1-12-5-9-21(10-6-12)17(23)18(7-8-18)16(22)20-14-4-3-13(2)15(19)11-14/h3-4,11-12H,5-10H2,1-2H3,(H,20,22). The van der Waals surface area contributed by atoms with Gasteiger partial charge in [-0.05, 0) is 56.2 Å². The lowest BCUT2D eigenvalue weighted by Crippen LogP contribution is -2.46. The molecule has 1 saturated heterocycles. The number of carbonyl (C=O) groups is 2. The lowest BCUT2D eigenvalue weighted by atomic mass is 9.96. The second-order valence-corrected chi connectivity index (χ2v) is 7.83. The van der Waals surface area contributed by atoms with Gasteiger partial charge < -0.3 is 10.2 Å². The molecule has 1 aromatic rings. The van der Waals surface area contributed by atoms with Crippen molar-refractivity contribution >= 4 is 33.4 Å². The van der Waals surface area contributed by atoms with E-state index in [2.05, 4.69) is 28.2 Å². The molecule has 2 amide bonds. The monoisotopic (exact) mass is 378 g/mol. The number of carbonyl (C=O) groups excluding carboxylic acids is 2. The van der Waals surface area contributed by atoms with Crippen LogP contribution in [0.1, 0.15) is 38.2 Å². The van der Waals surface area contributed by atoms with Gasteiger partial charge in [0.15, 0.2) is 0 Å². The summed E-state index contributed by atoms with van der Waals surface area (Å²) in [5, 5.41) is 2.93. The van der Waals surface area contributed by atoms with Gasteiger partial charge in [0.05, 0.1) is 0 Å². The zero-order valence-corrected chi connectivity index (χ0v) is 15.3. The Balaban J connectivity index is 1.68. The molecule has 0 spiro atoms. The van der Waals surface area contributed by atoms with Crippen LogP contribution in [0.3, 0.4) is 0 Å². The first-order chi connectivity index (χ1) is 10.9. The Bertz CT molecular complexity index is 632. The third-order valence-corrected chi connectivity index (χ3v) is 5.95. The van der Waals surface area contributed by atoms with Gasteiger partial charge in [-0.1, -0.05) is 28.9 Å². The number of nitrogens with zero attached hydrogens (tertiary/aromatic N) is 1. The molecule has 124 valence electrons. The van der Waals surface area contributed by atoms with E-state index in [0.717, 1.165) is 41.7 Å². The predicted molar refractivity (Wildman–Crippen MR) is 94.2 cm³/mol. The maximum absolute atomic E-state index is 12.8. The molecule has 1 heterocycles. The lowest BCUT2D eigenvalue weighted by Gasteiger charge is -2.32. The number of amides is 2. The summed E-state index contributed by atoms with van der Waals surface area (Å²) < 4.78 is 0.955. The summed E-state index contributed by atoms with van der Waals surface area (Å²) in [4.78, 5) is 27.4. The van der Waals surface area contributed by atoms with Gasteiger partial charge in [-0.3, -0.25) is 9.59 Å². The normalized spacial score (nSPS) is 20.2. The van der Waals surface area contributed by atoms with Crippen molar-refractivity contribution in [1.82, 2.24) is 4.90 Å². The van der Waals surface area contributed by atoms with Gasteiger partial charge >= 0.3 is 0 Å². The third-order valence-electron chi connectivity index (χ3n) is 5.09. The highest BCUT2D eigenvalue weighted by Crippen LogP contribution is 2.48. The van der Waals surface area contributed by atoms with Crippen molar-refractivity contribution in [2.45, 2.75) is 39.5 Å². The largest absolute Gasteiger partial charge is 0.342 e. The van der Waals surface area contributed by atoms with E-state index in [4.69, 9.17) is 0 Å². The highest BCUT2D eigenvalue weighted by Gasteiger charge is 2.58. The molecule has 2 fully saturated rings. The molecule has 0 unspecified atom stereocenters. The van der Waals surface area contributed by atoms with Crippen LogP contribution in [-0.2, 0) is 9.59 Å². The molecular weight excluding hydrogens is 356 g/mol. The van der Waals surface area contributed by atoms with Gasteiger partial charge in [-0.2, -0.15) is 0 Å². The second-order valence-electron chi connectivity index (χ2n) is 6.97. The molecule has 0 radical (unpaired) electrons. The summed E-state index contributed by atoms with van der Waals surface area (Å²) in [5.41, 5.74) is 1.03. The van der Waals surface area contributed by atoms with Gasteiger partial charge in [0.25, 0.3) is 0 Å². The molecule has 0 bridgehead atoms. The quantitative estimate of drug-likeness (QED) is 0.814. The van der Waals surface area contributed by atoms with E-state index in [9.17, 15) is 9.59 Å². The Morgan fingerprint density at radius 1 is 1.26 bits per heavy atom. The molecule has 23 heavy (non-hydrogen) atoms. The number of rotatable bonds is 3. The lowest BCUT2D eigenvalue weighted by molar-refractivity contribution is -0.143. The van der Waals surface area contributed by atoms with E-state index in [1.54, 1.807) is 0 Å². The van der Waals surface area contributed by atoms with Crippen molar-refractivity contribution in [3.8, 4) is 0 Å². The Morgan fingerprint density at radius 2 is 1.91 bits per heavy atom. The Morgan fingerprint density at radius 3 is 2.48 bits per heavy atom. The van der Waals surface area contributed by atoms with Gasteiger partial charge in [0.1, 0.15) is 5.41 Å². The average Bonchev–Trinajstić information content (AvgIpc) is 3.33. The molecule has 0 aromatic heterocycles. The van der Waals surface area contributed by atoms with Crippen LogP contribution in [0.25, 0.3) is 0 Å². The van der Waals surface area contributed by atoms with Crippen LogP contribution < -0.4 is 5.32 Å². The highest BCUT2D eigenvalue weighted by molar-refractivity contribution is 9.10. The van der Waals surface area contributed by atoms with Crippen LogP contribution in [0.2, 0.25) is 0 Å². The number of aryl methyl sites for hydroxylation is 1. The predicted octanol–water partition coefficient (Wildman–Crippen LogP) is 3.73. The number of anilines is 1. The first-order valence-electron chi connectivity index (χ1n) is 8.29. The minimum Gasteiger partial charge on any atom is -0.342 e. The molecule has 1 aliphatic heterocycles. The smallest absolute Gasteiger partial charge is 0.240 e. The highest BCUT2D eigenvalue weighted by atomic mass is 79.9. The Labute approximate surface area is 145 Å². The van der Waals surface area contributed by atoms with Crippen LogP contribution in [0, 0.1) is 18.3 Å². The molecule has 0 atom stereocenters. The first-order valence-corrected chi connectivity index (χ1v) is 9.09. The zero-order chi connectivity index (χ0) is 16.6. The van der Waals surface area contributed by atoms with Crippen LogP contribution in [0.4, 0.5) is 5.69 Å². The summed E-state index contributed by atoms with van der Waals surface area (Å²) >= 11 is 3.47. The molecule has 1 aliphatic carbocycles. The second kappa shape index (κ2) is 6.27. The van der Waals surface area contributed by atoms with Crippen molar-refractivity contribution in [3.63, 3.8) is 0 Å². The number of nitrogens with one attached hydrogen (secondary N) is 1. The number of hydrogen-bond acceptors (Lipinski definition) is 2. The molecule has 4 nitrogen and oxygen atoms in total. The number of hydrogen-bond donors (Lipinski definition) is 1. The molecule has 1 N–H and O–H groups in total. The molecule has 1 saturated carbocycles. The van der Waals surface area contributed by atoms with E-state index < -0.39 is 5.41 Å². The van der Waals surface area contributed by atoms with Crippen LogP contribution in [0.5, 0.6) is 0 Å². The Kier molecular flexibility index (Phi) is 4.50. The van der Waals surface area contributed by atoms with Gasteiger partial charge in [-0.25, -0.2) is 0 Å². The topological polar surface area (TPSA) is 49.4 Å². The maximum atomic E-state index is 12.8. The molecule has 5 heteroatoms. The molecule has 3 rings (SSSR count). The van der Waals surface area contributed by atoms with Gasteiger partial charge in [-0.15, -0.1) is 0 Å². The summed E-state index contributed by atoms with van der Waals surface area (Å²) in [6, 6.07) is 5.71. The van der Waals surface area contributed by atoms with E-state index >= 15 is 0 Å². The van der Waals surface area contributed by atoms with Crippen molar-refractivity contribution < 1.29 is 9.59 Å². The molecule has 2 aliphatic rings. The minimum atomic E-state index is -0.821. The maximum Gasteiger partial charge on any atom is 0.240 e. The van der Waals surface area contributed by atoms with Crippen LogP contribution in [0.15, 0.2) is 22.7 Å². The van der Waals surface area contributed by atoms with Crippen LogP contribution >= 0.6 is 15.9 Å². The summed E-state index contributed by atoms with van der Waals surface area (Å²) in [7, 11) is 0. The van der Waals surface area contributed by atoms with Crippen LogP contribution in [-0.4, -0.2) is 29.8 Å². The molecular formula is C18H23BrN2O2. The SMILES string of the molecule is Cc1ccc(NC(=O)C2(C(=O)N3CCC(C)CC3)CC2)cc1Br. The molecule has 1 aromatic carbocycles. The van der Waals surface area contributed by atoms with Crippen molar-refractivity contribution in [2.75, 3.05) is 18.4 Å². The number of piperidine rings is 1. The Hall–Kier alpha value is -1.36. The number of likely N-dealkylation sites (tertiary alicyclic amines) is 1. The third kappa shape index (κ3) is 3.30. The van der Waals surface area contributed by atoms with Crippen molar-refractivity contribution in [1.29, 1.82) is 0 Å². The fourth-order valence-corrected chi connectivity index (χ4v) is 3.48. The van der Waals surface area contributed by atoms with Gasteiger partial charge in [0, 0.05) is 23.2 Å². The van der Waals surface area contributed by atoms with E-state index in [-0.39, 0.29) is 11.8 Å². The van der Waals surface area contributed by atoms with E-state index in [1.165, 1.54) is 0 Å².